The zero-order valence-electron chi connectivity index (χ0n) is 13.7. The SMILES string of the molecule is CC(=O)N1CCCN(C(C(=O)NC2CC2)c2ccccc2)CC1. The van der Waals surface area contributed by atoms with Crippen LogP contribution < -0.4 is 5.32 Å². The monoisotopic (exact) mass is 315 g/mol. The van der Waals surface area contributed by atoms with Crippen molar-refractivity contribution in [2.24, 2.45) is 0 Å². The summed E-state index contributed by atoms with van der Waals surface area (Å²) in [6.07, 6.45) is 3.08. The molecule has 124 valence electrons. The first kappa shape index (κ1) is 16.0. The Morgan fingerprint density at radius 3 is 2.48 bits per heavy atom. The Morgan fingerprint density at radius 2 is 1.83 bits per heavy atom. The molecular formula is C18H25N3O2. The van der Waals surface area contributed by atoms with Gasteiger partial charge in [0.1, 0.15) is 6.04 Å². The molecule has 1 saturated heterocycles. The number of carbonyl (C=O) groups is 2. The van der Waals surface area contributed by atoms with Gasteiger partial charge < -0.3 is 10.2 Å². The minimum absolute atomic E-state index is 0.0926. The Kier molecular flexibility index (Phi) is 4.96. The normalized spacial score (nSPS) is 20.7. The first-order valence-corrected chi connectivity index (χ1v) is 8.50. The van der Waals surface area contributed by atoms with Crippen molar-refractivity contribution in [3.63, 3.8) is 0 Å². The molecule has 0 radical (unpaired) electrons. The third-order valence-corrected chi connectivity index (χ3v) is 4.63. The summed E-state index contributed by atoms with van der Waals surface area (Å²) >= 11 is 0. The van der Waals surface area contributed by atoms with E-state index in [2.05, 4.69) is 10.2 Å². The van der Waals surface area contributed by atoms with Crippen LogP contribution in [0.1, 0.15) is 37.8 Å². The zero-order valence-corrected chi connectivity index (χ0v) is 13.7. The lowest BCUT2D eigenvalue weighted by atomic mass is 10.0. The molecule has 1 unspecified atom stereocenters. The molecule has 1 saturated carbocycles. The molecular weight excluding hydrogens is 290 g/mol. The molecule has 5 nitrogen and oxygen atoms in total. The van der Waals surface area contributed by atoms with E-state index in [0.717, 1.165) is 44.5 Å². The smallest absolute Gasteiger partial charge is 0.242 e. The summed E-state index contributed by atoms with van der Waals surface area (Å²) in [5, 5.41) is 3.14. The minimum Gasteiger partial charge on any atom is -0.352 e. The molecule has 5 heteroatoms. The summed E-state index contributed by atoms with van der Waals surface area (Å²) in [5.74, 6) is 0.209. The highest BCUT2D eigenvalue weighted by molar-refractivity contribution is 5.83. The number of carbonyl (C=O) groups excluding carboxylic acids is 2. The summed E-state index contributed by atoms with van der Waals surface area (Å²) < 4.78 is 0. The third kappa shape index (κ3) is 4.10. The van der Waals surface area contributed by atoms with Crippen LogP contribution in [-0.2, 0) is 9.59 Å². The summed E-state index contributed by atoms with van der Waals surface area (Å²) in [7, 11) is 0. The quantitative estimate of drug-likeness (QED) is 0.917. The average molecular weight is 315 g/mol. The van der Waals surface area contributed by atoms with Crippen LogP contribution >= 0.6 is 0 Å². The van der Waals surface area contributed by atoms with E-state index in [1.807, 2.05) is 35.2 Å². The molecule has 0 bridgehead atoms. The van der Waals surface area contributed by atoms with Crippen LogP contribution in [0.15, 0.2) is 30.3 Å². The van der Waals surface area contributed by atoms with Crippen molar-refractivity contribution in [1.29, 1.82) is 0 Å². The number of rotatable bonds is 4. The van der Waals surface area contributed by atoms with Crippen molar-refractivity contribution >= 4 is 11.8 Å². The van der Waals surface area contributed by atoms with E-state index in [1.165, 1.54) is 0 Å². The fraction of sp³-hybridized carbons (Fsp3) is 0.556. The van der Waals surface area contributed by atoms with Gasteiger partial charge in [-0.05, 0) is 24.8 Å². The highest BCUT2D eigenvalue weighted by atomic mass is 16.2. The lowest BCUT2D eigenvalue weighted by Crippen LogP contribution is -2.43. The fourth-order valence-electron chi connectivity index (χ4n) is 3.18. The van der Waals surface area contributed by atoms with Gasteiger partial charge in [0, 0.05) is 39.1 Å². The van der Waals surface area contributed by atoms with Gasteiger partial charge in [0.05, 0.1) is 0 Å². The summed E-state index contributed by atoms with van der Waals surface area (Å²) in [6, 6.07) is 10.1. The van der Waals surface area contributed by atoms with Gasteiger partial charge in [0.2, 0.25) is 11.8 Å². The summed E-state index contributed by atoms with van der Waals surface area (Å²) in [5.41, 5.74) is 1.03. The molecule has 1 aromatic rings. The lowest BCUT2D eigenvalue weighted by molar-refractivity contribution is -0.128. The summed E-state index contributed by atoms with van der Waals surface area (Å²) in [4.78, 5) is 28.5. The predicted molar refractivity (Wildman–Crippen MR) is 88.8 cm³/mol. The second-order valence-corrected chi connectivity index (χ2v) is 6.49. The second-order valence-electron chi connectivity index (χ2n) is 6.49. The van der Waals surface area contributed by atoms with Gasteiger partial charge in [-0.3, -0.25) is 14.5 Å². The maximum absolute atomic E-state index is 12.8. The van der Waals surface area contributed by atoms with Crippen molar-refractivity contribution in [3.05, 3.63) is 35.9 Å². The molecule has 1 atom stereocenters. The maximum Gasteiger partial charge on any atom is 0.242 e. The number of amides is 2. The maximum atomic E-state index is 12.8. The van der Waals surface area contributed by atoms with E-state index in [-0.39, 0.29) is 17.9 Å². The van der Waals surface area contributed by atoms with Crippen LogP contribution in [-0.4, -0.2) is 53.8 Å². The molecule has 1 aliphatic heterocycles. The van der Waals surface area contributed by atoms with Crippen LogP contribution in [0.5, 0.6) is 0 Å². The van der Waals surface area contributed by atoms with Gasteiger partial charge in [-0.1, -0.05) is 30.3 Å². The molecule has 3 rings (SSSR count). The van der Waals surface area contributed by atoms with E-state index >= 15 is 0 Å². The molecule has 1 N–H and O–H groups in total. The highest BCUT2D eigenvalue weighted by Crippen LogP contribution is 2.25. The molecule has 0 spiro atoms. The van der Waals surface area contributed by atoms with Gasteiger partial charge in [-0.2, -0.15) is 0 Å². The molecule has 1 aromatic carbocycles. The van der Waals surface area contributed by atoms with E-state index in [4.69, 9.17) is 0 Å². The molecule has 0 aromatic heterocycles. The Morgan fingerprint density at radius 1 is 1.09 bits per heavy atom. The topological polar surface area (TPSA) is 52.7 Å². The lowest BCUT2D eigenvalue weighted by Gasteiger charge is -2.30. The van der Waals surface area contributed by atoms with Crippen molar-refractivity contribution in [2.45, 2.75) is 38.3 Å². The van der Waals surface area contributed by atoms with Crippen LogP contribution in [0.3, 0.4) is 0 Å². The molecule has 2 aliphatic rings. The van der Waals surface area contributed by atoms with Gasteiger partial charge in [-0.25, -0.2) is 0 Å². The van der Waals surface area contributed by atoms with Crippen molar-refractivity contribution in [3.8, 4) is 0 Å². The van der Waals surface area contributed by atoms with Crippen LogP contribution in [0, 0.1) is 0 Å². The number of hydrogen-bond acceptors (Lipinski definition) is 3. The van der Waals surface area contributed by atoms with Crippen molar-refractivity contribution < 1.29 is 9.59 Å². The average Bonchev–Trinajstić information content (AvgIpc) is 3.36. The zero-order chi connectivity index (χ0) is 16.2. The predicted octanol–water partition coefficient (Wildman–Crippen LogP) is 1.56. The Bertz CT molecular complexity index is 557. The number of nitrogens with one attached hydrogen (secondary N) is 1. The second kappa shape index (κ2) is 7.13. The largest absolute Gasteiger partial charge is 0.352 e. The van der Waals surface area contributed by atoms with Gasteiger partial charge >= 0.3 is 0 Å². The molecule has 1 heterocycles. The minimum atomic E-state index is -0.260. The first-order chi connectivity index (χ1) is 11.1. The Balaban J connectivity index is 1.77. The number of benzene rings is 1. The molecule has 2 amide bonds. The highest BCUT2D eigenvalue weighted by Gasteiger charge is 2.33. The Hall–Kier alpha value is -1.88. The molecule has 23 heavy (non-hydrogen) atoms. The molecule has 1 aliphatic carbocycles. The van der Waals surface area contributed by atoms with E-state index in [1.54, 1.807) is 6.92 Å². The van der Waals surface area contributed by atoms with E-state index in [9.17, 15) is 9.59 Å². The van der Waals surface area contributed by atoms with Gasteiger partial charge in [0.25, 0.3) is 0 Å². The number of hydrogen-bond donors (Lipinski definition) is 1. The first-order valence-electron chi connectivity index (χ1n) is 8.50. The molecule has 2 fully saturated rings. The van der Waals surface area contributed by atoms with E-state index < -0.39 is 0 Å². The van der Waals surface area contributed by atoms with Gasteiger partial charge in [-0.15, -0.1) is 0 Å². The number of nitrogens with zero attached hydrogens (tertiary/aromatic N) is 2. The third-order valence-electron chi connectivity index (χ3n) is 4.63. The van der Waals surface area contributed by atoms with Crippen LogP contribution in [0.2, 0.25) is 0 Å². The fourth-order valence-corrected chi connectivity index (χ4v) is 3.18. The van der Waals surface area contributed by atoms with Gasteiger partial charge in [0.15, 0.2) is 0 Å². The summed E-state index contributed by atoms with van der Waals surface area (Å²) in [6.45, 7) is 4.65. The van der Waals surface area contributed by atoms with E-state index in [0.29, 0.717) is 12.6 Å². The van der Waals surface area contributed by atoms with Crippen molar-refractivity contribution in [1.82, 2.24) is 15.1 Å². The Labute approximate surface area is 137 Å². The standard InChI is InChI=1S/C18H25N3O2/c1-14(22)20-10-5-11-21(13-12-20)17(15-6-3-2-4-7-15)18(23)19-16-8-9-16/h2-4,6-7,16-17H,5,8-13H2,1H3,(H,19,23). The van der Waals surface area contributed by atoms with Crippen LogP contribution in [0.25, 0.3) is 0 Å². The van der Waals surface area contributed by atoms with Crippen LogP contribution in [0.4, 0.5) is 0 Å². The van der Waals surface area contributed by atoms with Crippen molar-refractivity contribution in [2.75, 3.05) is 26.2 Å².